The summed E-state index contributed by atoms with van der Waals surface area (Å²) in [7, 11) is 0. The van der Waals surface area contributed by atoms with Gasteiger partial charge in [-0.25, -0.2) is 0 Å². The fraction of sp³-hybridized carbons (Fsp3) is 0.0909. The highest BCUT2D eigenvalue weighted by Gasteiger charge is 2.33. The SMILES string of the molecule is O=C(Nc1ccccc1C(F)(F)F)c1cnoc1. The fourth-order valence-electron chi connectivity index (χ4n) is 1.35. The maximum Gasteiger partial charge on any atom is 0.418 e. The molecular formula is C11H7F3N2O2. The standard InChI is InChI=1S/C11H7F3N2O2/c12-11(13,14)8-3-1-2-4-9(8)16-10(17)7-5-15-18-6-7/h1-6H,(H,16,17). The largest absolute Gasteiger partial charge is 0.418 e. The Morgan fingerprint density at radius 1 is 1.28 bits per heavy atom. The van der Waals surface area contributed by atoms with E-state index in [4.69, 9.17) is 0 Å². The Kier molecular flexibility index (Phi) is 3.05. The normalized spacial score (nSPS) is 11.3. The van der Waals surface area contributed by atoms with E-state index >= 15 is 0 Å². The zero-order valence-electron chi connectivity index (χ0n) is 8.86. The van der Waals surface area contributed by atoms with E-state index in [1.165, 1.54) is 18.2 Å². The van der Waals surface area contributed by atoms with Crippen molar-refractivity contribution in [3.05, 3.63) is 47.9 Å². The second-order valence-corrected chi connectivity index (χ2v) is 3.41. The Hall–Kier alpha value is -2.31. The molecule has 1 amide bonds. The summed E-state index contributed by atoms with van der Waals surface area (Å²) >= 11 is 0. The molecule has 0 radical (unpaired) electrons. The van der Waals surface area contributed by atoms with Crippen LogP contribution in [-0.2, 0) is 6.18 Å². The first kappa shape index (κ1) is 12.2. The van der Waals surface area contributed by atoms with Gasteiger partial charge in [0.2, 0.25) is 0 Å². The van der Waals surface area contributed by atoms with E-state index in [1.807, 2.05) is 0 Å². The number of nitrogens with one attached hydrogen (secondary N) is 1. The quantitative estimate of drug-likeness (QED) is 0.898. The lowest BCUT2D eigenvalue weighted by atomic mass is 10.1. The van der Waals surface area contributed by atoms with E-state index < -0.39 is 17.6 Å². The lowest BCUT2D eigenvalue weighted by Gasteiger charge is -2.12. The van der Waals surface area contributed by atoms with Crippen molar-refractivity contribution in [1.29, 1.82) is 0 Å². The third-order valence-corrected chi connectivity index (χ3v) is 2.18. The molecule has 0 saturated carbocycles. The van der Waals surface area contributed by atoms with E-state index in [9.17, 15) is 18.0 Å². The van der Waals surface area contributed by atoms with Crippen LogP contribution in [0.15, 0.2) is 41.2 Å². The topological polar surface area (TPSA) is 55.1 Å². The number of benzene rings is 1. The van der Waals surface area contributed by atoms with Crippen molar-refractivity contribution in [3.8, 4) is 0 Å². The summed E-state index contributed by atoms with van der Waals surface area (Å²) in [6.45, 7) is 0. The van der Waals surface area contributed by atoms with Gasteiger partial charge >= 0.3 is 6.18 Å². The molecule has 0 aliphatic heterocycles. The Bertz CT molecular complexity index is 550. The van der Waals surface area contributed by atoms with Crippen molar-refractivity contribution >= 4 is 11.6 Å². The number of alkyl halides is 3. The Labute approximate surface area is 99.4 Å². The van der Waals surface area contributed by atoms with Gasteiger partial charge in [0.1, 0.15) is 6.26 Å². The molecule has 0 aliphatic carbocycles. The maximum absolute atomic E-state index is 12.7. The minimum atomic E-state index is -4.53. The number of hydrogen-bond acceptors (Lipinski definition) is 3. The van der Waals surface area contributed by atoms with Crippen LogP contribution in [0.2, 0.25) is 0 Å². The summed E-state index contributed by atoms with van der Waals surface area (Å²) in [5.41, 5.74) is -1.17. The van der Waals surface area contributed by atoms with Crippen LogP contribution in [0, 0.1) is 0 Å². The summed E-state index contributed by atoms with van der Waals surface area (Å²) in [6.07, 6.45) is -2.37. The van der Waals surface area contributed by atoms with Gasteiger partial charge in [-0.15, -0.1) is 0 Å². The molecule has 7 heteroatoms. The number of aromatic nitrogens is 1. The molecule has 0 aliphatic rings. The molecule has 1 N–H and O–H groups in total. The third kappa shape index (κ3) is 2.50. The summed E-state index contributed by atoms with van der Waals surface area (Å²) in [6, 6.07) is 4.72. The van der Waals surface area contributed by atoms with Gasteiger partial charge in [0, 0.05) is 0 Å². The molecule has 18 heavy (non-hydrogen) atoms. The molecule has 1 heterocycles. The average molecular weight is 256 g/mol. The van der Waals surface area contributed by atoms with Crippen LogP contribution in [0.5, 0.6) is 0 Å². The average Bonchev–Trinajstić information content (AvgIpc) is 2.81. The number of carbonyl (C=O) groups is 1. The molecule has 0 atom stereocenters. The number of carbonyl (C=O) groups excluding carboxylic acids is 1. The molecule has 2 aromatic rings. The van der Waals surface area contributed by atoms with Gasteiger partial charge in [-0.2, -0.15) is 13.2 Å². The first-order valence-electron chi connectivity index (χ1n) is 4.85. The predicted molar refractivity (Wildman–Crippen MR) is 55.9 cm³/mol. The smallest absolute Gasteiger partial charge is 0.364 e. The first-order chi connectivity index (χ1) is 8.48. The maximum atomic E-state index is 12.7. The van der Waals surface area contributed by atoms with Crippen LogP contribution < -0.4 is 5.32 Å². The summed E-state index contributed by atoms with van der Waals surface area (Å²) < 4.78 is 42.4. The number of nitrogens with zero attached hydrogens (tertiary/aromatic N) is 1. The lowest BCUT2D eigenvalue weighted by molar-refractivity contribution is -0.136. The first-order valence-corrected chi connectivity index (χ1v) is 4.85. The van der Waals surface area contributed by atoms with Crippen LogP contribution in [-0.4, -0.2) is 11.1 Å². The van der Waals surface area contributed by atoms with Gasteiger partial charge in [-0.1, -0.05) is 17.3 Å². The van der Waals surface area contributed by atoms with Crippen LogP contribution >= 0.6 is 0 Å². The Morgan fingerprint density at radius 2 is 2.00 bits per heavy atom. The van der Waals surface area contributed by atoms with Crippen molar-refractivity contribution in [3.63, 3.8) is 0 Å². The van der Waals surface area contributed by atoms with Crippen molar-refractivity contribution in [2.45, 2.75) is 6.18 Å². The monoisotopic (exact) mass is 256 g/mol. The molecule has 0 bridgehead atoms. The molecule has 1 aromatic heterocycles. The Balaban J connectivity index is 2.27. The van der Waals surface area contributed by atoms with Crippen molar-refractivity contribution < 1.29 is 22.5 Å². The Morgan fingerprint density at radius 3 is 2.61 bits per heavy atom. The number of anilines is 1. The molecule has 4 nitrogen and oxygen atoms in total. The van der Waals surface area contributed by atoms with E-state index in [2.05, 4.69) is 15.0 Å². The second kappa shape index (κ2) is 4.52. The highest BCUT2D eigenvalue weighted by molar-refractivity contribution is 6.04. The van der Waals surface area contributed by atoms with Crippen LogP contribution in [0.25, 0.3) is 0 Å². The fourth-order valence-corrected chi connectivity index (χ4v) is 1.35. The summed E-state index contributed by atoms with van der Waals surface area (Å²) in [5.74, 6) is -0.715. The van der Waals surface area contributed by atoms with Crippen LogP contribution in [0.3, 0.4) is 0 Å². The summed E-state index contributed by atoms with van der Waals surface area (Å²) in [4.78, 5) is 11.6. The minimum Gasteiger partial charge on any atom is -0.364 e. The number of para-hydroxylation sites is 1. The molecular weight excluding hydrogens is 249 g/mol. The van der Waals surface area contributed by atoms with Gasteiger partial charge in [0.25, 0.3) is 5.91 Å². The van der Waals surface area contributed by atoms with Gasteiger partial charge in [0.15, 0.2) is 0 Å². The van der Waals surface area contributed by atoms with Gasteiger partial charge in [0.05, 0.1) is 23.0 Å². The lowest BCUT2D eigenvalue weighted by Crippen LogP contribution is -2.16. The van der Waals surface area contributed by atoms with Crippen molar-refractivity contribution in [2.24, 2.45) is 0 Å². The molecule has 0 spiro atoms. The number of rotatable bonds is 2. The highest BCUT2D eigenvalue weighted by Crippen LogP contribution is 2.34. The molecule has 2 rings (SSSR count). The van der Waals surface area contributed by atoms with E-state index in [0.29, 0.717) is 0 Å². The number of halogens is 3. The van der Waals surface area contributed by atoms with Crippen LogP contribution in [0.4, 0.5) is 18.9 Å². The molecule has 0 fully saturated rings. The van der Waals surface area contributed by atoms with Crippen LogP contribution in [0.1, 0.15) is 15.9 Å². The van der Waals surface area contributed by atoms with Crippen molar-refractivity contribution in [2.75, 3.05) is 5.32 Å². The van der Waals surface area contributed by atoms with E-state index in [1.54, 1.807) is 0 Å². The van der Waals surface area contributed by atoms with E-state index in [-0.39, 0.29) is 11.3 Å². The third-order valence-electron chi connectivity index (χ3n) is 2.18. The number of hydrogen-bond donors (Lipinski definition) is 1. The molecule has 0 saturated heterocycles. The second-order valence-electron chi connectivity index (χ2n) is 3.41. The number of amides is 1. The minimum absolute atomic E-state index is 0.0481. The summed E-state index contributed by atoms with van der Waals surface area (Å²) in [5, 5.41) is 5.46. The zero-order valence-corrected chi connectivity index (χ0v) is 8.86. The van der Waals surface area contributed by atoms with Crippen molar-refractivity contribution in [1.82, 2.24) is 5.16 Å². The van der Waals surface area contributed by atoms with Gasteiger partial charge in [-0.05, 0) is 12.1 Å². The highest BCUT2D eigenvalue weighted by atomic mass is 19.4. The predicted octanol–water partition coefficient (Wildman–Crippen LogP) is 2.95. The van der Waals surface area contributed by atoms with Gasteiger partial charge in [-0.3, -0.25) is 4.79 Å². The van der Waals surface area contributed by atoms with Gasteiger partial charge < -0.3 is 9.84 Å². The molecule has 94 valence electrons. The molecule has 1 aromatic carbocycles. The van der Waals surface area contributed by atoms with E-state index in [0.717, 1.165) is 18.5 Å². The zero-order chi connectivity index (χ0) is 13.2. The molecule has 0 unspecified atom stereocenters.